The lowest BCUT2D eigenvalue weighted by Crippen LogP contribution is -2.33. The number of benzene rings is 2. The van der Waals surface area contributed by atoms with Crippen LogP contribution < -0.4 is 9.47 Å². The van der Waals surface area contributed by atoms with Crippen LogP contribution in [0.5, 0.6) is 11.5 Å². The topological polar surface area (TPSA) is 59.1 Å². The predicted molar refractivity (Wildman–Crippen MR) is 104 cm³/mol. The monoisotopic (exact) mass is 406 g/mol. The lowest BCUT2D eigenvalue weighted by molar-refractivity contribution is 0.0761. The molecule has 0 atom stereocenters. The van der Waals surface area contributed by atoms with Gasteiger partial charge in [-0.15, -0.1) is 0 Å². The largest absolute Gasteiger partial charge is 0.496 e. The molecule has 0 saturated carbocycles. The van der Waals surface area contributed by atoms with Gasteiger partial charge < -0.3 is 19.3 Å². The zero-order valence-corrected chi connectivity index (χ0v) is 16.9. The molecule has 6 nitrogen and oxygen atoms in total. The van der Waals surface area contributed by atoms with E-state index in [1.54, 1.807) is 14.1 Å². The molecule has 2 amide bonds. The molecule has 2 aromatic rings. The summed E-state index contributed by atoms with van der Waals surface area (Å²) in [6.45, 7) is 0.660. The van der Waals surface area contributed by atoms with E-state index in [0.29, 0.717) is 19.5 Å². The Bertz CT molecular complexity index is 817. The molecule has 2 aromatic carbocycles. The Labute approximate surface area is 168 Å². The maximum absolute atomic E-state index is 13.5. The fraction of sp³-hybridized carbons (Fsp3) is 0.333. The van der Waals surface area contributed by atoms with E-state index in [1.807, 2.05) is 0 Å². The van der Waals surface area contributed by atoms with Crippen LogP contribution >= 0.6 is 0 Å². The quantitative estimate of drug-likeness (QED) is 0.676. The number of rotatable bonds is 8. The highest BCUT2D eigenvalue weighted by Gasteiger charge is 2.20. The average molecular weight is 406 g/mol. The van der Waals surface area contributed by atoms with Crippen LogP contribution in [0.25, 0.3) is 0 Å². The first-order valence-corrected chi connectivity index (χ1v) is 8.96. The van der Waals surface area contributed by atoms with Gasteiger partial charge in [0.15, 0.2) is 0 Å². The Morgan fingerprint density at radius 2 is 1.17 bits per heavy atom. The predicted octanol–water partition coefficient (Wildman–Crippen LogP) is 3.22. The van der Waals surface area contributed by atoms with Gasteiger partial charge in [-0.05, 0) is 42.8 Å². The number of hydrogen-bond acceptors (Lipinski definition) is 4. The highest BCUT2D eigenvalue weighted by atomic mass is 19.1. The highest BCUT2D eigenvalue weighted by molar-refractivity contribution is 5.97. The number of carbonyl (C=O) groups excluding carboxylic acids is 2. The summed E-state index contributed by atoms with van der Waals surface area (Å²) in [5.41, 5.74) is 0.257. The van der Waals surface area contributed by atoms with Gasteiger partial charge in [0.25, 0.3) is 11.8 Å². The van der Waals surface area contributed by atoms with Gasteiger partial charge in [-0.2, -0.15) is 0 Å². The molecular formula is C21H24F2N2O4. The number of halogens is 2. The maximum atomic E-state index is 13.5. The highest BCUT2D eigenvalue weighted by Crippen LogP contribution is 2.22. The molecule has 2 rings (SSSR count). The van der Waals surface area contributed by atoms with Crippen molar-refractivity contribution in [3.63, 3.8) is 0 Å². The van der Waals surface area contributed by atoms with E-state index in [4.69, 9.17) is 9.47 Å². The van der Waals surface area contributed by atoms with Crippen molar-refractivity contribution in [1.82, 2.24) is 9.80 Å². The Hall–Kier alpha value is -3.16. The van der Waals surface area contributed by atoms with Crippen molar-refractivity contribution in [3.8, 4) is 11.5 Å². The summed E-state index contributed by atoms with van der Waals surface area (Å²) in [5, 5.41) is 0. The molecule has 0 bridgehead atoms. The first kappa shape index (κ1) is 22.1. The second-order valence-electron chi connectivity index (χ2n) is 6.50. The molecule has 0 N–H and O–H groups in total. The molecule has 0 spiro atoms. The van der Waals surface area contributed by atoms with E-state index < -0.39 is 11.6 Å². The zero-order chi connectivity index (χ0) is 21.6. The average Bonchev–Trinajstić information content (AvgIpc) is 2.72. The molecule has 0 aliphatic rings. The van der Waals surface area contributed by atoms with Crippen LogP contribution in [0.15, 0.2) is 36.4 Å². The Balaban J connectivity index is 1.97. The Morgan fingerprint density at radius 3 is 1.52 bits per heavy atom. The van der Waals surface area contributed by atoms with Crippen molar-refractivity contribution in [1.29, 1.82) is 0 Å². The first-order chi connectivity index (χ1) is 13.8. The standard InChI is InChI=1S/C21H24F2N2O4/c1-24(20(26)16-12-14(22)6-8-18(16)28-3)10-5-11-25(2)21(27)17-13-15(23)7-9-19(17)29-4/h6-9,12-13H,5,10-11H2,1-4H3. The van der Waals surface area contributed by atoms with E-state index in [1.165, 1.54) is 48.3 Å². The summed E-state index contributed by atoms with van der Waals surface area (Å²) in [6.07, 6.45) is 0.472. The van der Waals surface area contributed by atoms with Crippen LogP contribution in [-0.4, -0.2) is 63.0 Å². The smallest absolute Gasteiger partial charge is 0.257 e. The van der Waals surface area contributed by atoms with Crippen LogP contribution in [0.3, 0.4) is 0 Å². The number of nitrogens with zero attached hydrogens (tertiary/aromatic N) is 2. The Morgan fingerprint density at radius 1 is 0.793 bits per heavy atom. The molecule has 0 radical (unpaired) electrons. The summed E-state index contributed by atoms with van der Waals surface area (Å²) in [6, 6.07) is 7.49. The van der Waals surface area contributed by atoms with Gasteiger partial charge >= 0.3 is 0 Å². The van der Waals surface area contributed by atoms with Gasteiger partial charge in [0.05, 0.1) is 25.3 Å². The fourth-order valence-corrected chi connectivity index (χ4v) is 2.85. The van der Waals surface area contributed by atoms with Crippen LogP contribution in [0.1, 0.15) is 27.1 Å². The summed E-state index contributed by atoms with van der Waals surface area (Å²) < 4.78 is 37.2. The third-order valence-corrected chi connectivity index (χ3v) is 4.46. The lowest BCUT2D eigenvalue weighted by Gasteiger charge is -2.22. The molecule has 0 fully saturated rings. The minimum Gasteiger partial charge on any atom is -0.496 e. The Kier molecular flexibility index (Phi) is 7.52. The van der Waals surface area contributed by atoms with E-state index in [9.17, 15) is 18.4 Å². The molecule has 0 saturated heterocycles. The van der Waals surface area contributed by atoms with Crippen molar-refractivity contribution in [3.05, 3.63) is 59.2 Å². The van der Waals surface area contributed by atoms with Crippen molar-refractivity contribution < 1.29 is 27.8 Å². The van der Waals surface area contributed by atoms with E-state index in [2.05, 4.69) is 0 Å². The molecule has 0 unspecified atom stereocenters. The molecule has 0 heterocycles. The third kappa shape index (κ3) is 5.43. The number of carbonyl (C=O) groups is 2. The molecule has 0 aromatic heterocycles. The number of ether oxygens (including phenoxy) is 2. The number of methoxy groups -OCH3 is 2. The van der Waals surface area contributed by atoms with Gasteiger partial charge in [0.1, 0.15) is 23.1 Å². The molecule has 0 aliphatic heterocycles. The van der Waals surface area contributed by atoms with Crippen molar-refractivity contribution in [2.45, 2.75) is 6.42 Å². The summed E-state index contributed by atoms with van der Waals surface area (Å²) >= 11 is 0. The number of hydrogen-bond donors (Lipinski definition) is 0. The SMILES string of the molecule is COc1ccc(F)cc1C(=O)N(C)CCCN(C)C(=O)c1cc(F)ccc1OC. The molecular weight excluding hydrogens is 382 g/mol. The van der Waals surface area contributed by atoms with Crippen molar-refractivity contribution in [2.24, 2.45) is 0 Å². The second-order valence-corrected chi connectivity index (χ2v) is 6.50. The minimum atomic E-state index is -0.531. The van der Waals surface area contributed by atoms with E-state index >= 15 is 0 Å². The fourth-order valence-electron chi connectivity index (χ4n) is 2.85. The normalized spacial score (nSPS) is 10.4. The maximum Gasteiger partial charge on any atom is 0.257 e. The minimum absolute atomic E-state index is 0.129. The van der Waals surface area contributed by atoms with Gasteiger partial charge in [-0.1, -0.05) is 0 Å². The summed E-state index contributed by atoms with van der Waals surface area (Å²) in [5.74, 6) is -1.26. The van der Waals surface area contributed by atoms with Crippen LogP contribution in [0.2, 0.25) is 0 Å². The molecule has 0 aliphatic carbocycles. The van der Waals surface area contributed by atoms with Gasteiger partial charge in [-0.3, -0.25) is 9.59 Å². The van der Waals surface area contributed by atoms with Gasteiger partial charge in [0, 0.05) is 27.2 Å². The number of amides is 2. The van der Waals surface area contributed by atoms with Crippen molar-refractivity contribution in [2.75, 3.05) is 41.4 Å². The summed E-state index contributed by atoms with van der Waals surface area (Å²) in [7, 11) is 5.99. The van der Waals surface area contributed by atoms with Crippen LogP contribution in [0.4, 0.5) is 8.78 Å². The van der Waals surface area contributed by atoms with E-state index in [0.717, 1.165) is 12.1 Å². The molecule has 156 valence electrons. The van der Waals surface area contributed by atoms with Crippen LogP contribution in [0, 0.1) is 11.6 Å². The van der Waals surface area contributed by atoms with E-state index in [-0.39, 0.29) is 34.4 Å². The van der Waals surface area contributed by atoms with Crippen molar-refractivity contribution >= 4 is 11.8 Å². The lowest BCUT2D eigenvalue weighted by atomic mass is 10.1. The first-order valence-electron chi connectivity index (χ1n) is 8.96. The molecule has 29 heavy (non-hydrogen) atoms. The molecule has 8 heteroatoms. The third-order valence-electron chi connectivity index (χ3n) is 4.46. The van der Waals surface area contributed by atoms with Gasteiger partial charge in [-0.25, -0.2) is 8.78 Å². The van der Waals surface area contributed by atoms with Gasteiger partial charge in [0.2, 0.25) is 0 Å². The summed E-state index contributed by atoms with van der Waals surface area (Å²) in [4.78, 5) is 28.0. The zero-order valence-electron chi connectivity index (χ0n) is 16.9. The van der Waals surface area contributed by atoms with Crippen LogP contribution in [-0.2, 0) is 0 Å². The second kappa shape index (κ2) is 9.86.